The number of nitrogens with zero attached hydrogens (tertiary/aromatic N) is 1. The zero-order valence-corrected chi connectivity index (χ0v) is 20.2. The van der Waals surface area contributed by atoms with Gasteiger partial charge in [0.25, 0.3) is 11.8 Å². The Labute approximate surface area is 200 Å². The van der Waals surface area contributed by atoms with Gasteiger partial charge in [0.2, 0.25) is 11.8 Å². The van der Waals surface area contributed by atoms with E-state index in [1.54, 1.807) is 30.3 Å². The second kappa shape index (κ2) is 8.93. The number of hydrazine groups is 1. The van der Waals surface area contributed by atoms with Gasteiger partial charge < -0.3 is 4.74 Å². The van der Waals surface area contributed by atoms with E-state index in [9.17, 15) is 24.0 Å². The standard InChI is InChI=1S/C21H21Br2N3O6/c1-9(21(31)32-8-13(27)24-25-18(28)10-5-3-2-4-6-10)26-19(29)14-11-7-12(15(14)20(26)30)17(23)16(11)22/h2-6,9,11-12,14-17H,7-8H2,1H3,(H,24,27)(H,25,28)/t9-,11-,12-,14-,15+,16+,17+/m1/s1. The number of rotatable bonds is 5. The van der Waals surface area contributed by atoms with Gasteiger partial charge in [0.1, 0.15) is 6.04 Å². The molecule has 3 fully saturated rings. The van der Waals surface area contributed by atoms with Crippen LogP contribution < -0.4 is 10.9 Å². The first kappa shape index (κ1) is 22.9. The van der Waals surface area contributed by atoms with Crippen molar-refractivity contribution in [2.24, 2.45) is 23.7 Å². The molecule has 0 spiro atoms. The van der Waals surface area contributed by atoms with Crippen molar-refractivity contribution in [2.75, 3.05) is 6.61 Å². The number of hydrogen-bond acceptors (Lipinski definition) is 6. The van der Waals surface area contributed by atoms with Crippen LogP contribution in [0.1, 0.15) is 23.7 Å². The summed E-state index contributed by atoms with van der Waals surface area (Å²) in [6, 6.07) is 7.11. The molecule has 9 nitrogen and oxygen atoms in total. The van der Waals surface area contributed by atoms with Crippen molar-refractivity contribution < 1.29 is 28.7 Å². The van der Waals surface area contributed by atoms with Crippen molar-refractivity contribution in [1.29, 1.82) is 0 Å². The molecule has 1 heterocycles. The molecular weight excluding hydrogens is 550 g/mol. The maximum absolute atomic E-state index is 13.0. The Morgan fingerprint density at radius 1 is 1.03 bits per heavy atom. The van der Waals surface area contributed by atoms with E-state index in [2.05, 4.69) is 42.7 Å². The first-order valence-electron chi connectivity index (χ1n) is 10.2. The van der Waals surface area contributed by atoms with E-state index >= 15 is 0 Å². The number of nitrogens with one attached hydrogen (secondary N) is 2. The number of fused-ring (bicyclic) bond motifs is 5. The molecule has 1 aliphatic heterocycles. The highest BCUT2D eigenvalue weighted by Gasteiger charge is 2.67. The molecule has 7 atom stereocenters. The summed E-state index contributed by atoms with van der Waals surface area (Å²) in [4.78, 5) is 63.4. The normalized spacial score (nSPS) is 31.3. The predicted octanol–water partition coefficient (Wildman–Crippen LogP) is 1.16. The molecular formula is C21H21Br2N3O6. The van der Waals surface area contributed by atoms with Gasteiger partial charge in [0, 0.05) is 15.2 Å². The highest BCUT2D eigenvalue weighted by atomic mass is 79.9. The second-order valence-corrected chi connectivity index (χ2v) is 10.3. The van der Waals surface area contributed by atoms with Gasteiger partial charge >= 0.3 is 5.97 Å². The van der Waals surface area contributed by atoms with Crippen LogP contribution in [-0.2, 0) is 23.9 Å². The first-order chi connectivity index (χ1) is 15.2. The van der Waals surface area contributed by atoms with Gasteiger partial charge in [-0.15, -0.1) is 0 Å². The highest BCUT2D eigenvalue weighted by molar-refractivity contribution is 9.12. The largest absolute Gasteiger partial charge is 0.454 e. The number of benzene rings is 1. The van der Waals surface area contributed by atoms with Gasteiger partial charge in [-0.3, -0.25) is 34.9 Å². The smallest absolute Gasteiger partial charge is 0.329 e. The van der Waals surface area contributed by atoms with Crippen molar-refractivity contribution >= 4 is 61.5 Å². The van der Waals surface area contributed by atoms with Crippen LogP contribution in [0.25, 0.3) is 0 Å². The number of likely N-dealkylation sites (tertiary alicyclic amines) is 1. The minimum absolute atomic E-state index is 0.0399. The number of carbonyl (C=O) groups excluding carboxylic acids is 5. The molecule has 2 N–H and O–H groups in total. The number of alkyl halides is 2. The zero-order valence-electron chi connectivity index (χ0n) is 17.0. The van der Waals surface area contributed by atoms with E-state index in [0.717, 1.165) is 11.3 Å². The predicted molar refractivity (Wildman–Crippen MR) is 118 cm³/mol. The number of esters is 1. The Bertz CT molecular complexity index is 942. The molecule has 1 aromatic rings. The maximum Gasteiger partial charge on any atom is 0.329 e. The van der Waals surface area contributed by atoms with E-state index in [1.165, 1.54) is 6.92 Å². The van der Waals surface area contributed by atoms with Crippen molar-refractivity contribution in [3.63, 3.8) is 0 Å². The lowest BCUT2D eigenvalue weighted by Crippen LogP contribution is -2.47. The molecule has 4 rings (SSSR count). The molecule has 1 saturated heterocycles. The lowest BCUT2D eigenvalue weighted by atomic mass is 9.81. The van der Waals surface area contributed by atoms with Gasteiger partial charge in [-0.1, -0.05) is 50.1 Å². The fourth-order valence-corrected chi connectivity index (χ4v) is 6.81. The van der Waals surface area contributed by atoms with E-state index in [-0.39, 0.29) is 33.3 Å². The number of imide groups is 1. The average Bonchev–Trinajstić information content (AvgIpc) is 3.40. The topological polar surface area (TPSA) is 122 Å². The summed E-state index contributed by atoms with van der Waals surface area (Å²) >= 11 is 7.23. The Morgan fingerprint density at radius 3 is 2.16 bits per heavy atom. The fraction of sp³-hybridized carbons (Fsp3) is 0.476. The maximum atomic E-state index is 13.0. The summed E-state index contributed by atoms with van der Waals surface area (Å²) in [6.45, 7) is 0.743. The van der Waals surface area contributed by atoms with E-state index < -0.39 is 42.3 Å². The minimum atomic E-state index is -1.14. The highest BCUT2D eigenvalue weighted by Crippen LogP contribution is 2.60. The SMILES string of the molecule is C[C@H](C(=O)OCC(=O)NNC(=O)c1ccccc1)N1C(=O)[C@@H]2[C@H]3C[C@@H]([C@H](Br)[C@H]3Br)[C@@H]2C1=O. The fourth-order valence-electron chi connectivity index (χ4n) is 4.94. The summed E-state index contributed by atoms with van der Waals surface area (Å²) in [7, 11) is 0. The summed E-state index contributed by atoms with van der Waals surface area (Å²) in [5.41, 5.74) is 4.71. The van der Waals surface area contributed by atoms with E-state index in [4.69, 9.17) is 4.74 Å². The summed E-state index contributed by atoms with van der Waals surface area (Å²) < 4.78 is 4.98. The monoisotopic (exact) mass is 569 g/mol. The van der Waals surface area contributed by atoms with Crippen molar-refractivity contribution in [3.8, 4) is 0 Å². The van der Waals surface area contributed by atoms with Crippen LogP contribution in [0.15, 0.2) is 30.3 Å². The molecule has 3 aliphatic rings. The van der Waals surface area contributed by atoms with Crippen LogP contribution in [0.3, 0.4) is 0 Å². The van der Waals surface area contributed by atoms with Crippen LogP contribution in [0.5, 0.6) is 0 Å². The van der Waals surface area contributed by atoms with Crippen LogP contribution in [0.4, 0.5) is 0 Å². The molecule has 0 unspecified atom stereocenters. The molecule has 1 aromatic carbocycles. The third kappa shape index (κ3) is 3.85. The Kier molecular flexibility index (Phi) is 6.39. The van der Waals surface area contributed by atoms with Gasteiger partial charge in [0.15, 0.2) is 6.61 Å². The third-order valence-corrected chi connectivity index (χ3v) is 9.65. The zero-order chi connectivity index (χ0) is 23.2. The van der Waals surface area contributed by atoms with E-state index in [1.807, 2.05) is 0 Å². The quantitative estimate of drug-likeness (QED) is 0.237. The first-order valence-corrected chi connectivity index (χ1v) is 12.0. The van der Waals surface area contributed by atoms with Crippen LogP contribution >= 0.6 is 31.9 Å². The van der Waals surface area contributed by atoms with Crippen molar-refractivity contribution in [2.45, 2.75) is 29.0 Å². The minimum Gasteiger partial charge on any atom is -0.454 e. The van der Waals surface area contributed by atoms with Gasteiger partial charge in [0.05, 0.1) is 11.8 Å². The van der Waals surface area contributed by atoms with Crippen molar-refractivity contribution in [1.82, 2.24) is 15.8 Å². The van der Waals surface area contributed by atoms with Crippen LogP contribution in [-0.4, -0.2) is 56.8 Å². The molecule has 2 bridgehead atoms. The van der Waals surface area contributed by atoms with Crippen LogP contribution in [0.2, 0.25) is 0 Å². The Balaban J connectivity index is 1.30. The summed E-state index contributed by atoms with van der Waals surface area (Å²) in [6.07, 6.45) is 0.792. The third-order valence-electron chi connectivity index (χ3n) is 6.45. The molecule has 0 aromatic heterocycles. The number of ether oxygens (including phenoxy) is 1. The second-order valence-electron chi connectivity index (χ2n) is 8.20. The molecule has 2 aliphatic carbocycles. The Morgan fingerprint density at radius 2 is 1.59 bits per heavy atom. The molecule has 32 heavy (non-hydrogen) atoms. The van der Waals surface area contributed by atoms with Gasteiger partial charge in [-0.2, -0.15) is 0 Å². The molecule has 11 heteroatoms. The molecule has 0 radical (unpaired) electrons. The average molecular weight is 571 g/mol. The number of hydrogen-bond donors (Lipinski definition) is 2. The lowest BCUT2D eigenvalue weighted by molar-refractivity contribution is -0.160. The van der Waals surface area contributed by atoms with E-state index in [0.29, 0.717) is 5.56 Å². The molecule has 170 valence electrons. The van der Waals surface area contributed by atoms with Gasteiger partial charge in [-0.25, -0.2) is 4.79 Å². The Hall–Kier alpha value is -2.27. The number of amides is 4. The van der Waals surface area contributed by atoms with Gasteiger partial charge in [-0.05, 0) is 37.3 Å². The lowest BCUT2D eigenvalue weighted by Gasteiger charge is -2.28. The summed E-state index contributed by atoms with van der Waals surface area (Å²) in [5.74, 6) is -3.66. The summed E-state index contributed by atoms with van der Waals surface area (Å²) in [5, 5.41) is 0. The van der Waals surface area contributed by atoms with Crippen molar-refractivity contribution in [3.05, 3.63) is 35.9 Å². The van der Waals surface area contributed by atoms with Crippen LogP contribution in [0, 0.1) is 23.7 Å². The molecule has 2 saturated carbocycles. The molecule has 4 amide bonds. The number of halogens is 2. The number of carbonyl (C=O) groups is 5.